The zero-order chi connectivity index (χ0) is 16.5. The van der Waals surface area contributed by atoms with Crippen molar-refractivity contribution in [1.29, 1.82) is 0 Å². The van der Waals surface area contributed by atoms with Crippen molar-refractivity contribution in [2.75, 3.05) is 6.54 Å². The Balaban J connectivity index is 1.80. The minimum absolute atomic E-state index is 0.102. The third-order valence-corrected chi connectivity index (χ3v) is 4.27. The van der Waals surface area contributed by atoms with Gasteiger partial charge in [0.2, 0.25) is 5.91 Å². The number of allylic oxidation sites excluding steroid dienone is 1. The number of carboxylic acid groups (broad SMARTS) is 1. The SMILES string of the molecule is O=C(O)CCC1CCCCN1C(=O)CC/C=C/c1ccccc1. The summed E-state index contributed by atoms with van der Waals surface area (Å²) in [7, 11) is 0. The first-order chi connectivity index (χ1) is 11.2. The van der Waals surface area contributed by atoms with Gasteiger partial charge in [-0.05, 0) is 37.7 Å². The summed E-state index contributed by atoms with van der Waals surface area (Å²) in [5, 5.41) is 8.84. The van der Waals surface area contributed by atoms with Gasteiger partial charge in [0.1, 0.15) is 0 Å². The Morgan fingerprint density at radius 3 is 2.70 bits per heavy atom. The van der Waals surface area contributed by atoms with E-state index in [-0.39, 0.29) is 18.4 Å². The van der Waals surface area contributed by atoms with Crippen LogP contribution in [0.4, 0.5) is 0 Å². The van der Waals surface area contributed by atoms with Crippen LogP contribution >= 0.6 is 0 Å². The Hall–Kier alpha value is -2.10. The van der Waals surface area contributed by atoms with Crippen LogP contribution in [-0.4, -0.2) is 34.5 Å². The molecule has 0 saturated carbocycles. The second-order valence-electron chi connectivity index (χ2n) is 6.02. The van der Waals surface area contributed by atoms with Gasteiger partial charge >= 0.3 is 5.97 Å². The molecule has 1 unspecified atom stereocenters. The molecular formula is C19H25NO3. The van der Waals surface area contributed by atoms with E-state index >= 15 is 0 Å². The highest BCUT2D eigenvalue weighted by Gasteiger charge is 2.26. The van der Waals surface area contributed by atoms with Crippen molar-refractivity contribution in [3.05, 3.63) is 42.0 Å². The Bertz CT molecular complexity index is 539. The lowest BCUT2D eigenvalue weighted by molar-refractivity contribution is -0.140. The summed E-state index contributed by atoms with van der Waals surface area (Å²) >= 11 is 0. The van der Waals surface area contributed by atoms with Crippen LogP contribution in [0.25, 0.3) is 6.08 Å². The predicted molar refractivity (Wildman–Crippen MR) is 90.9 cm³/mol. The minimum Gasteiger partial charge on any atom is -0.481 e. The van der Waals surface area contributed by atoms with Gasteiger partial charge in [-0.25, -0.2) is 0 Å². The fraction of sp³-hybridized carbons (Fsp3) is 0.474. The number of hydrogen-bond acceptors (Lipinski definition) is 2. The molecule has 0 aromatic heterocycles. The molecule has 23 heavy (non-hydrogen) atoms. The molecule has 0 bridgehead atoms. The fourth-order valence-electron chi connectivity index (χ4n) is 3.05. The largest absolute Gasteiger partial charge is 0.481 e. The molecule has 1 aliphatic rings. The van der Waals surface area contributed by atoms with Crippen molar-refractivity contribution in [1.82, 2.24) is 4.90 Å². The van der Waals surface area contributed by atoms with Crippen LogP contribution in [0.3, 0.4) is 0 Å². The van der Waals surface area contributed by atoms with Crippen LogP contribution in [0.15, 0.2) is 36.4 Å². The maximum absolute atomic E-state index is 12.4. The first kappa shape index (κ1) is 17.3. The van der Waals surface area contributed by atoms with E-state index in [1.807, 2.05) is 47.4 Å². The number of piperidine rings is 1. The van der Waals surface area contributed by atoms with E-state index in [1.165, 1.54) is 0 Å². The molecule has 2 rings (SSSR count). The van der Waals surface area contributed by atoms with Crippen LogP contribution in [0, 0.1) is 0 Å². The second kappa shape index (κ2) is 9.13. The van der Waals surface area contributed by atoms with E-state index in [0.29, 0.717) is 12.8 Å². The van der Waals surface area contributed by atoms with Gasteiger partial charge < -0.3 is 10.0 Å². The van der Waals surface area contributed by atoms with Crippen molar-refractivity contribution in [3.8, 4) is 0 Å². The highest BCUT2D eigenvalue weighted by atomic mass is 16.4. The number of benzene rings is 1. The third kappa shape index (κ3) is 5.89. The first-order valence-corrected chi connectivity index (χ1v) is 8.39. The lowest BCUT2D eigenvalue weighted by atomic mass is 9.97. The third-order valence-electron chi connectivity index (χ3n) is 4.27. The number of carboxylic acids is 1. The summed E-state index contributed by atoms with van der Waals surface area (Å²) in [6.45, 7) is 0.769. The van der Waals surface area contributed by atoms with Gasteiger partial charge in [-0.15, -0.1) is 0 Å². The summed E-state index contributed by atoms with van der Waals surface area (Å²) in [6, 6.07) is 10.1. The Morgan fingerprint density at radius 1 is 1.17 bits per heavy atom. The molecule has 0 spiro atoms. The van der Waals surface area contributed by atoms with Crippen molar-refractivity contribution in [3.63, 3.8) is 0 Å². The second-order valence-corrected chi connectivity index (χ2v) is 6.02. The Labute approximate surface area is 137 Å². The number of aliphatic carboxylic acids is 1. The molecule has 124 valence electrons. The maximum Gasteiger partial charge on any atom is 0.303 e. The van der Waals surface area contributed by atoms with Gasteiger partial charge in [-0.3, -0.25) is 9.59 Å². The molecule has 4 heteroatoms. The predicted octanol–water partition coefficient (Wildman–Crippen LogP) is 3.73. The molecule has 0 radical (unpaired) electrons. The monoisotopic (exact) mass is 315 g/mol. The average Bonchev–Trinajstić information content (AvgIpc) is 2.58. The molecule has 1 aromatic rings. The molecule has 1 aliphatic heterocycles. The molecule has 1 amide bonds. The van der Waals surface area contributed by atoms with Crippen LogP contribution in [-0.2, 0) is 9.59 Å². The van der Waals surface area contributed by atoms with E-state index in [2.05, 4.69) is 0 Å². The average molecular weight is 315 g/mol. The lowest BCUT2D eigenvalue weighted by Crippen LogP contribution is -2.43. The van der Waals surface area contributed by atoms with Crippen LogP contribution in [0.5, 0.6) is 0 Å². The van der Waals surface area contributed by atoms with E-state index in [0.717, 1.165) is 37.8 Å². The van der Waals surface area contributed by atoms with Crippen molar-refractivity contribution < 1.29 is 14.7 Å². The van der Waals surface area contributed by atoms with Gasteiger partial charge in [0.05, 0.1) is 0 Å². The van der Waals surface area contributed by atoms with Crippen molar-refractivity contribution in [2.45, 2.75) is 51.0 Å². The highest BCUT2D eigenvalue weighted by molar-refractivity contribution is 5.77. The summed E-state index contributed by atoms with van der Waals surface area (Å²) in [4.78, 5) is 25.1. The summed E-state index contributed by atoms with van der Waals surface area (Å²) < 4.78 is 0. The van der Waals surface area contributed by atoms with Crippen LogP contribution in [0.1, 0.15) is 50.5 Å². The van der Waals surface area contributed by atoms with Crippen LogP contribution in [0.2, 0.25) is 0 Å². The van der Waals surface area contributed by atoms with Crippen molar-refractivity contribution in [2.24, 2.45) is 0 Å². The molecule has 1 N–H and O–H groups in total. The van der Waals surface area contributed by atoms with Gasteiger partial charge in [0, 0.05) is 25.4 Å². The zero-order valence-electron chi connectivity index (χ0n) is 13.5. The molecule has 1 saturated heterocycles. The molecule has 1 heterocycles. The summed E-state index contributed by atoms with van der Waals surface area (Å²) in [5.74, 6) is -0.633. The van der Waals surface area contributed by atoms with Crippen LogP contribution < -0.4 is 0 Å². The smallest absolute Gasteiger partial charge is 0.303 e. The van der Waals surface area contributed by atoms with E-state index in [9.17, 15) is 9.59 Å². The number of carbonyl (C=O) groups is 2. The van der Waals surface area contributed by atoms with Gasteiger partial charge in [0.15, 0.2) is 0 Å². The first-order valence-electron chi connectivity index (χ1n) is 8.39. The highest BCUT2D eigenvalue weighted by Crippen LogP contribution is 2.22. The molecule has 4 nitrogen and oxygen atoms in total. The Morgan fingerprint density at radius 2 is 1.96 bits per heavy atom. The number of amides is 1. The quantitative estimate of drug-likeness (QED) is 0.834. The number of carbonyl (C=O) groups excluding carboxylic acids is 1. The Kier molecular flexibility index (Phi) is 6.85. The van der Waals surface area contributed by atoms with Gasteiger partial charge in [-0.2, -0.15) is 0 Å². The summed E-state index contributed by atoms with van der Waals surface area (Å²) in [5.41, 5.74) is 1.14. The van der Waals surface area contributed by atoms with Gasteiger partial charge in [0.25, 0.3) is 0 Å². The molecule has 1 aromatic carbocycles. The number of hydrogen-bond donors (Lipinski definition) is 1. The standard InChI is InChI=1S/C19H25NO3/c21-18(12-5-4-10-16-8-2-1-3-9-16)20-15-7-6-11-17(20)13-14-19(22)23/h1-4,8-10,17H,5-7,11-15H2,(H,22,23)/b10-4+. The number of rotatable bonds is 7. The molecule has 1 atom stereocenters. The normalized spacial score (nSPS) is 18.3. The molecule has 1 fully saturated rings. The number of nitrogens with zero attached hydrogens (tertiary/aromatic N) is 1. The molecular weight excluding hydrogens is 290 g/mol. The van der Waals surface area contributed by atoms with E-state index < -0.39 is 5.97 Å². The lowest BCUT2D eigenvalue weighted by Gasteiger charge is -2.35. The van der Waals surface area contributed by atoms with Gasteiger partial charge in [-0.1, -0.05) is 42.5 Å². The maximum atomic E-state index is 12.4. The fourth-order valence-corrected chi connectivity index (χ4v) is 3.05. The van der Waals surface area contributed by atoms with E-state index in [4.69, 9.17) is 5.11 Å². The zero-order valence-corrected chi connectivity index (χ0v) is 13.5. The topological polar surface area (TPSA) is 57.6 Å². The number of likely N-dealkylation sites (tertiary alicyclic amines) is 1. The van der Waals surface area contributed by atoms with Crippen molar-refractivity contribution >= 4 is 18.0 Å². The summed E-state index contributed by atoms with van der Waals surface area (Å²) in [6.07, 6.45) is 9.02. The van der Waals surface area contributed by atoms with E-state index in [1.54, 1.807) is 0 Å². The molecule has 0 aliphatic carbocycles. The minimum atomic E-state index is -0.784.